The summed E-state index contributed by atoms with van der Waals surface area (Å²) in [5, 5.41) is 16.1. The molecule has 6 nitrogen and oxygen atoms in total. The van der Waals surface area contributed by atoms with Crippen molar-refractivity contribution in [3.63, 3.8) is 0 Å². The third kappa shape index (κ3) is 4.55. The minimum Gasteiger partial charge on any atom is -0.318 e. The smallest absolute Gasteiger partial charge is 0.211 e. The van der Waals surface area contributed by atoms with Crippen molar-refractivity contribution in [2.24, 2.45) is 0 Å². The normalized spacial score (nSPS) is 11.5. The van der Waals surface area contributed by atoms with E-state index in [4.69, 9.17) is 13.1 Å². The van der Waals surface area contributed by atoms with E-state index in [1.165, 1.54) is 0 Å². The van der Waals surface area contributed by atoms with Crippen molar-refractivity contribution >= 4 is 76.8 Å². The summed E-state index contributed by atoms with van der Waals surface area (Å²) in [6.07, 6.45) is 0. The number of para-hydroxylation sites is 5. The van der Waals surface area contributed by atoms with Crippen molar-refractivity contribution < 1.29 is 0 Å². The number of hydrogen-bond donors (Lipinski definition) is 0. The van der Waals surface area contributed by atoms with Crippen LogP contribution in [0.15, 0.2) is 170 Å². The van der Waals surface area contributed by atoms with E-state index in [-0.39, 0.29) is 0 Å². The van der Waals surface area contributed by atoms with Crippen LogP contribution in [-0.2, 0) is 0 Å². The number of nitriles is 1. The third-order valence-electron chi connectivity index (χ3n) is 11.3. The maximum atomic E-state index is 9.81. The largest absolute Gasteiger partial charge is 0.318 e. The van der Waals surface area contributed by atoms with Crippen molar-refractivity contribution in [1.29, 1.82) is 5.26 Å². The van der Waals surface area contributed by atoms with E-state index in [2.05, 4.69) is 145 Å². The average molecular weight is 725 g/mol. The summed E-state index contributed by atoms with van der Waals surface area (Å²) in [4.78, 5) is 7.98. The van der Waals surface area contributed by atoms with Crippen molar-refractivity contribution in [3.8, 4) is 34.3 Å². The lowest BCUT2D eigenvalue weighted by Gasteiger charge is -2.19. The fourth-order valence-electron chi connectivity index (χ4n) is 8.99. The highest BCUT2D eigenvalue weighted by molar-refractivity contribution is 6.18. The fourth-order valence-corrected chi connectivity index (χ4v) is 8.99. The molecule has 57 heavy (non-hydrogen) atoms. The molecule has 0 atom stereocenters. The summed E-state index contributed by atoms with van der Waals surface area (Å²) in [6.45, 7) is 16.4. The van der Waals surface area contributed by atoms with Crippen LogP contribution in [0.25, 0.3) is 103 Å². The highest BCUT2D eigenvalue weighted by Crippen LogP contribution is 2.45. The van der Waals surface area contributed by atoms with Gasteiger partial charge in [0.15, 0.2) is 5.69 Å². The Morgan fingerprint density at radius 3 is 1.68 bits per heavy atom. The summed E-state index contributed by atoms with van der Waals surface area (Å²) in [7, 11) is 0. The van der Waals surface area contributed by atoms with E-state index in [1.54, 1.807) is 0 Å². The van der Waals surface area contributed by atoms with Crippen LogP contribution < -0.4 is 0 Å². The SMILES string of the molecule is [C-]#[N+]c1ccc2c(c1)c1c(-n3c4ccccc4c4cc(C#N)ccc43)cccc1n2-c1ccccc1-c1cccc([N+]#[C-])c1-n1c2ccccc2c2ccccc21. The molecule has 0 N–H and O–H groups in total. The molecule has 0 radical (unpaired) electrons. The molecule has 0 aliphatic carbocycles. The molecule has 6 heteroatoms. The number of rotatable bonds is 4. The highest BCUT2D eigenvalue weighted by Gasteiger charge is 2.24. The predicted octanol–water partition coefficient (Wildman–Crippen LogP) is 13.6. The molecule has 0 fully saturated rings. The minimum absolute atomic E-state index is 0.559. The average Bonchev–Trinajstić information content (AvgIpc) is 3.91. The summed E-state index contributed by atoms with van der Waals surface area (Å²) >= 11 is 0. The molecule has 0 spiro atoms. The number of fused-ring (bicyclic) bond motifs is 9. The number of benzene rings is 8. The molecule has 0 saturated heterocycles. The third-order valence-corrected chi connectivity index (χ3v) is 11.3. The molecule has 0 bridgehead atoms. The van der Waals surface area contributed by atoms with Gasteiger partial charge in [-0.05, 0) is 77.7 Å². The molecular weight excluding hydrogens is 697 g/mol. The molecule has 0 amide bonds. The molecule has 3 heterocycles. The van der Waals surface area contributed by atoms with Crippen LogP contribution in [0.1, 0.15) is 5.56 Å². The second-order valence-corrected chi connectivity index (χ2v) is 14.2. The van der Waals surface area contributed by atoms with Gasteiger partial charge in [0.2, 0.25) is 5.69 Å². The molecule has 3 aromatic heterocycles. The molecule has 0 aliphatic heterocycles. The van der Waals surface area contributed by atoms with E-state index < -0.39 is 0 Å². The standard InChI is InChI=1S/C51H28N6/c1-53-33-26-28-47-40(30-33)50-48(55-43-20-8-6-16-37(43)39-29-32(31-52)25-27-46(39)55)23-12-24-49(50)56(47)42-19-7-5-15-36(42)38-17-11-18-41(54-2)51(38)57-44-21-9-3-13-34(44)35-14-4-10-22-45(35)57/h3-30H. The lowest BCUT2D eigenvalue weighted by molar-refractivity contribution is 1.16. The van der Waals surface area contributed by atoms with E-state index in [0.717, 1.165) is 93.6 Å². The molecule has 0 unspecified atom stereocenters. The minimum atomic E-state index is 0.559. The maximum absolute atomic E-state index is 9.81. The topological polar surface area (TPSA) is 47.3 Å². The first kappa shape index (κ1) is 32.1. The van der Waals surface area contributed by atoms with Gasteiger partial charge in [-0.1, -0.05) is 103 Å². The number of aromatic nitrogens is 3. The summed E-state index contributed by atoms with van der Waals surface area (Å²) in [5.74, 6) is 0. The molecule has 262 valence electrons. The van der Waals surface area contributed by atoms with Gasteiger partial charge < -0.3 is 13.7 Å². The van der Waals surface area contributed by atoms with Gasteiger partial charge in [-0.25, -0.2) is 9.69 Å². The quantitative estimate of drug-likeness (QED) is 0.167. The van der Waals surface area contributed by atoms with Crippen LogP contribution in [-0.4, -0.2) is 13.7 Å². The Hall–Kier alpha value is -8.37. The van der Waals surface area contributed by atoms with Crippen LogP contribution in [0.2, 0.25) is 0 Å². The summed E-state index contributed by atoms with van der Waals surface area (Å²) < 4.78 is 6.84. The van der Waals surface area contributed by atoms with Gasteiger partial charge in [-0.2, -0.15) is 5.26 Å². The van der Waals surface area contributed by atoms with E-state index in [0.29, 0.717) is 16.9 Å². The van der Waals surface area contributed by atoms with E-state index in [9.17, 15) is 5.26 Å². The van der Waals surface area contributed by atoms with Crippen molar-refractivity contribution in [2.45, 2.75) is 0 Å². The van der Waals surface area contributed by atoms with Crippen LogP contribution in [0, 0.1) is 24.5 Å². The molecule has 0 aliphatic rings. The first-order valence-electron chi connectivity index (χ1n) is 18.7. The van der Waals surface area contributed by atoms with Crippen LogP contribution in [0.5, 0.6) is 0 Å². The lowest BCUT2D eigenvalue weighted by Crippen LogP contribution is -2.02. The number of hydrogen-bond acceptors (Lipinski definition) is 1. The van der Waals surface area contributed by atoms with Crippen LogP contribution in [0.4, 0.5) is 11.4 Å². The highest BCUT2D eigenvalue weighted by atomic mass is 15.0. The Morgan fingerprint density at radius 1 is 0.421 bits per heavy atom. The van der Waals surface area contributed by atoms with Crippen molar-refractivity contribution in [2.75, 3.05) is 0 Å². The monoisotopic (exact) mass is 724 g/mol. The van der Waals surface area contributed by atoms with Crippen molar-refractivity contribution in [3.05, 3.63) is 198 Å². The Balaban J connectivity index is 1.25. The van der Waals surface area contributed by atoms with Gasteiger partial charge in [-0.15, -0.1) is 0 Å². The first-order valence-corrected chi connectivity index (χ1v) is 18.7. The molecule has 11 aromatic rings. The zero-order valence-electron chi connectivity index (χ0n) is 30.3. The first-order chi connectivity index (χ1) is 28.2. The van der Waals surface area contributed by atoms with Gasteiger partial charge in [0, 0.05) is 32.5 Å². The van der Waals surface area contributed by atoms with Gasteiger partial charge in [-0.3, -0.25) is 0 Å². The Bertz CT molecular complexity index is 3580. The van der Waals surface area contributed by atoms with Crippen LogP contribution >= 0.6 is 0 Å². The van der Waals surface area contributed by atoms with Crippen molar-refractivity contribution in [1.82, 2.24) is 13.7 Å². The second-order valence-electron chi connectivity index (χ2n) is 14.2. The van der Waals surface area contributed by atoms with Gasteiger partial charge in [0.05, 0.1) is 74.9 Å². The molecule has 11 rings (SSSR count). The zero-order chi connectivity index (χ0) is 38.2. The van der Waals surface area contributed by atoms with Gasteiger partial charge >= 0.3 is 0 Å². The van der Waals surface area contributed by atoms with Gasteiger partial charge in [0.1, 0.15) is 0 Å². The Kier molecular flexibility index (Phi) is 6.95. The zero-order valence-corrected chi connectivity index (χ0v) is 30.3. The predicted molar refractivity (Wildman–Crippen MR) is 232 cm³/mol. The molecule has 8 aromatic carbocycles. The molecular formula is C51H28N6. The maximum Gasteiger partial charge on any atom is 0.211 e. The lowest BCUT2D eigenvalue weighted by atomic mass is 9.99. The number of nitrogens with zero attached hydrogens (tertiary/aromatic N) is 6. The Labute approximate surface area is 327 Å². The molecule has 0 saturated carbocycles. The summed E-state index contributed by atoms with van der Waals surface area (Å²) in [5.41, 5.74) is 12.5. The fraction of sp³-hybridized carbons (Fsp3) is 0. The Morgan fingerprint density at radius 2 is 0.965 bits per heavy atom. The van der Waals surface area contributed by atoms with Crippen LogP contribution in [0.3, 0.4) is 0 Å². The summed E-state index contributed by atoms with van der Waals surface area (Å²) in [6, 6.07) is 60.0. The van der Waals surface area contributed by atoms with E-state index in [1.807, 2.05) is 54.6 Å². The van der Waals surface area contributed by atoms with E-state index >= 15 is 0 Å². The second kappa shape index (κ2) is 12.3. The van der Waals surface area contributed by atoms with Gasteiger partial charge in [0.25, 0.3) is 0 Å².